The van der Waals surface area contributed by atoms with E-state index < -0.39 is 0 Å². The van der Waals surface area contributed by atoms with E-state index in [0.29, 0.717) is 11.1 Å². The molecule has 0 aromatic heterocycles. The molecule has 4 heteroatoms. The molecular weight excluding hydrogens is 316 g/mol. The maximum absolute atomic E-state index is 12.2. The molecule has 0 N–H and O–H groups in total. The van der Waals surface area contributed by atoms with Gasteiger partial charge < -0.3 is 4.90 Å². The van der Waals surface area contributed by atoms with Crippen LogP contribution < -0.4 is 4.90 Å². The lowest BCUT2D eigenvalue weighted by Gasteiger charge is -2.18. The fourth-order valence-electron chi connectivity index (χ4n) is 1.87. The van der Waals surface area contributed by atoms with E-state index >= 15 is 0 Å². The first-order chi connectivity index (χ1) is 9.60. The van der Waals surface area contributed by atoms with Gasteiger partial charge in [-0.2, -0.15) is 5.26 Å². The predicted molar refractivity (Wildman–Crippen MR) is 82.9 cm³/mol. The van der Waals surface area contributed by atoms with E-state index in [2.05, 4.69) is 22.0 Å². The number of hydrogen-bond acceptors (Lipinski definition) is 3. The summed E-state index contributed by atoms with van der Waals surface area (Å²) in [6, 6.07) is 16.6. The van der Waals surface area contributed by atoms with Gasteiger partial charge in [0.05, 0.1) is 18.2 Å². The lowest BCUT2D eigenvalue weighted by atomic mass is 10.1. The molecule has 2 rings (SSSR count). The van der Waals surface area contributed by atoms with Crippen molar-refractivity contribution >= 4 is 27.4 Å². The highest BCUT2D eigenvalue weighted by Crippen LogP contribution is 2.16. The molecule has 0 amide bonds. The lowest BCUT2D eigenvalue weighted by molar-refractivity contribution is 0.100. The second-order valence-corrected chi connectivity index (χ2v) is 5.37. The molecule has 0 spiro atoms. The number of Topliss-reactive ketones (excluding diaryl/α,β-unsaturated/α-hetero) is 1. The Kier molecular flexibility index (Phi) is 4.54. The molecule has 3 nitrogen and oxygen atoms in total. The number of hydrogen-bond donors (Lipinski definition) is 0. The minimum atomic E-state index is 0.0381. The second-order valence-electron chi connectivity index (χ2n) is 4.45. The third-order valence-corrected chi connectivity index (χ3v) is 3.44. The van der Waals surface area contributed by atoms with Crippen molar-refractivity contribution in [1.82, 2.24) is 0 Å². The van der Waals surface area contributed by atoms with E-state index in [-0.39, 0.29) is 12.3 Å². The first-order valence-corrected chi connectivity index (χ1v) is 6.89. The van der Waals surface area contributed by atoms with Gasteiger partial charge in [0, 0.05) is 22.8 Å². The largest absolute Gasteiger partial charge is 0.367 e. The summed E-state index contributed by atoms with van der Waals surface area (Å²) < 4.78 is 0.887. The first-order valence-electron chi connectivity index (χ1n) is 6.10. The molecule has 0 aliphatic heterocycles. The van der Waals surface area contributed by atoms with Gasteiger partial charge in [-0.15, -0.1) is 0 Å². The first kappa shape index (κ1) is 14.3. The average Bonchev–Trinajstić information content (AvgIpc) is 2.47. The van der Waals surface area contributed by atoms with E-state index in [9.17, 15) is 4.79 Å². The topological polar surface area (TPSA) is 44.1 Å². The monoisotopic (exact) mass is 328 g/mol. The van der Waals surface area contributed by atoms with Gasteiger partial charge in [-0.05, 0) is 30.3 Å². The van der Waals surface area contributed by atoms with E-state index in [4.69, 9.17) is 5.26 Å². The Balaban J connectivity index is 2.13. The van der Waals surface area contributed by atoms with Crippen LogP contribution in [0.5, 0.6) is 0 Å². The summed E-state index contributed by atoms with van der Waals surface area (Å²) in [6.45, 7) is 0.269. The zero-order valence-corrected chi connectivity index (χ0v) is 12.6. The Morgan fingerprint density at radius 3 is 2.70 bits per heavy atom. The molecule has 0 radical (unpaired) electrons. The van der Waals surface area contributed by atoms with Crippen molar-refractivity contribution in [1.29, 1.82) is 5.26 Å². The number of nitriles is 1. The molecular formula is C16H13BrN2O. The Hall–Kier alpha value is -2.12. The highest BCUT2D eigenvalue weighted by atomic mass is 79.9. The number of likely N-dealkylation sites (N-methyl/N-ethyl adjacent to an activating group) is 1. The summed E-state index contributed by atoms with van der Waals surface area (Å²) in [5, 5.41) is 8.89. The fraction of sp³-hybridized carbons (Fsp3) is 0.125. The quantitative estimate of drug-likeness (QED) is 0.805. The van der Waals surface area contributed by atoms with Gasteiger partial charge in [0.2, 0.25) is 0 Å². The highest BCUT2D eigenvalue weighted by molar-refractivity contribution is 9.10. The van der Waals surface area contributed by atoms with Gasteiger partial charge >= 0.3 is 0 Å². The van der Waals surface area contributed by atoms with Crippen LogP contribution in [-0.2, 0) is 0 Å². The van der Waals surface area contributed by atoms with Crippen LogP contribution in [0.3, 0.4) is 0 Å². The van der Waals surface area contributed by atoms with Gasteiger partial charge in [-0.1, -0.05) is 34.1 Å². The van der Waals surface area contributed by atoms with Gasteiger partial charge in [0.15, 0.2) is 5.78 Å². The van der Waals surface area contributed by atoms with Crippen LogP contribution in [0.4, 0.5) is 5.69 Å². The number of benzene rings is 2. The molecule has 0 unspecified atom stereocenters. The van der Waals surface area contributed by atoms with Crippen molar-refractivity contribution in [3.05, 3.63) is 64.1 Å². The van der Waals surface area contributed by atoms with E-state index in [0.717, 1.165) is 10.2 Å². The van der Waals surface area contributed by atoms with Gasteiger partial charge in [0.25, 0.3) is 0 Å². The summed E-state index contributed by atoms with van der Waals surface area (Å²) in [6.07, 6.45) is 0. The molecule has 0 aliphatic rings. The summed E-state index contributed by atoms with van der Waals surface area (Å²) in [5.41, 5.74) is 2.11. The number of nitrogens with zero attached hydrogens (tertiary/aromatic N) is 2. The smallest absolute Gasteiger partial charge is 0.182 e. The maximum Gasteiger partial charge on any atom is 0.182 e. The van der Waals surface area contributed by atoms with Crippen molar-refractivity contribution in [2.24, 2.45) is 0 Å². The van der Waals surface area contributed by atoms with Crippen LogP contribution in [0.2, 0.25) is 0 Å². The van der Waals surface area contributed by atoms with Crippen molar-refractivity contribution in [3.8, 4) is 6.07 Å². The van der Waals surface area contributed by atoms with Crippen LogP contribution in [0.1, 0.15) is 15.9 Å². The summed E-state index contributed by atoms with van der Waals surface area (Å²) in [7, 11) is 1.84. The summed E-state index contributed by atoms with van der Waals surface area (Å²) >= 11 is 3.36. The number of carbonyl (C=O) groups is 1. The molecule has 0 bridgehead atoms. The number of rotatable bonds is 4. The normalized spacial score (nSPS) is 9.85. The van der Waals surface area contributed by atoms with Crippen LogP contribution in [0.15, 0.2) is 53.0 Å². The van der Waals surface area contributed by atoms with Crippen molar-refractivity contribution < 1.29 is 4.79 Å². The number of ketones is 1. The molecule has 0 saturated carbocycles. The molecule has 0 heterocycles. The molecule has 2 aromatic rings. The highest BCUT2D eigenvalue weighted by Gasteiger charge is 2.10. The fourth-order valence-corrected chi connectivity index (χ4v) is 2.27. The third kappa shape index (κ3) is 3.46. The van der Waals surface area contributed by atoms with Gasteiger partial charge in [-0.3, -0.25) is 4.79 Å². The van der Waals surface area contributed by atoms with Crippen LogP contribution in [0.25, 0.3) is 0 Å². The number of carbonyl (C=O) groups excluding carboxylic acids is 1. The molecule has 100 valence electrons. The number of halogens is 1. The molecule has 0 saturated heterocycles. The van der Waals surface area contributed by atoms with Crippen molar-refractivity contribution in [3.63, 3.8) is 0 Å². The summed E-state index contributed by atoms with van der Waals surface area (Å²) in [4.78, 5) is 14.0. The molecule has 0 fully saturated rings. The SMILES string of the molecule is CN(CC(=O)c1cccc(Br)c1)c1cccc(C#N)c1. The molecule has 20 heavy (non-hydrogen) atoms. The molecule has 2 aromatic carbocycles. The number of anilines is 1. The Bertz CT molecular complexity index is 676. The minimum Gasteiger partial charge on any atom is -0.367 e. The third-order valence-electron chi connectivity index (χ3n) is 2.94. The predicted octanol–water partition coefficient (Wildman–Crippen LogP) is 3.64. The van der Waals surface area contributed by atoms with Crippen LogP contribution >= 0.6 is 15.9 Å². The minimum absolute atomic E-state index is 0.0381. The maximum atomic E-state index is 12.2. The lowest BCUT2D eigenvalue weighted by Crippen LogP contribution is -2.25. The van der Waals surface area contributed by atoms with Gasteiger partial charge in [0.1, 0.15) is 0 Å². The van der Waals surface area contributed by atoms with E-state index in [1.54, 1.807) is 18.2 Å². The second kappa shape index (κ2) is 6.36. The Morgan fingerprint density at radius 1 is 1.25 bits per heavy atom. The Labute approximate surface area is 126 Å². The Morgan fingerprint density at radius 2 is 2.00 bits per heavy atom. The standard InChI is InChI=1S/C16H13BrN2O/c1-19(15-7-2-4-12(8-15)10-18)11-16(20)13-5-3-6-14(17)9-13/h2-9H,11H2,1H3. The average molecular weight is 329 g/mol. The molecule has 0 atom stereocenters. The van der Waals surface area contributed by atoms with E-state index in [1.165, 1.54) is 0 Å². The van der Waals surface area contributed by atoms with Crippen molar-refractivity contribution in [2.75, 3.05) is 18.5 Å². The van der Waals surface area contributed by atoms with E-state index in [1.807, 2.05) is 42.3 Å². The zero-order chi connectivity index (χ0) is 14.5. The van der Waals surface area contributed by atoms with Crippen molar-refractivity contribution in [2.45, 2.75) is 0 Å². The van der Waals surface area contributed by atoms with Crippen LogP contribution in [-0.4, -0.2) is 19.4 Å². The summed E-state index contributed by atoms with van der Waals surface area (Å²) in [5.74, 6) is 0.0381. The van der Waals surface area contributed by atoms with Crippen LogP contribution in [0, 0.1) is 11.3 Å². The zero-order valence-electron chi connectivity index (χ0n) is 11.0. The van der Waals surface area contributed by atoms with Gasteiger partial charge in [-0.25, -0.2) is 0 Å². The molecule has 0 aliphatic carbocycles.